The van der Waals surface area contributed by atoms with Crippen LogP contribution in [0.5, 0.6) is 5.75 Å². The first kappa shape index (κ1) is 25.9. The van der Waals surface area contributed by atoms with Crippen molar-refractivity contribution in [2.75, 3.05) is 20.7 Å². The molecule has 0 aliphatic carbocycles. The number of nitrogens with zero attached hydrogens (tertiary/aromatic N) is 5. The fourth-order valence-corrected chi connectivity index (χ4v) is 3.22. The standard InChI is InChI=1S/C23H29ClN6O.HI/c1-17-27-28-22(30(17)3)15-26-23(29(2)16-19-5-9-20(24)10-6-19)25-14-13-18-7-11-21(31-4)12-8-18;/h5-12H,13-16H2,1-4H3,(H,25,26);1H. The second kappa shape index (κ2) is 12.6. The smallest absolute Gasteiger partial charge is 0.194 e. The molecule has 3 aromatic rings. The topological polar surface area (TPSA) is 67.6 Å². The van der Waals surface area contributed by atoms with Gasteiger partial charge in [-0.05, 0) is 48.7 Å². The third kappa shape index (κ3) is 7.37. The van der Waals surface area contributed by atoms with E-state index in [0.29, 0.717) is 13.1 Å². The minimum atomic E-state index is 0. The molecule has 0 aliphatic rings. The second-order valence-electron chi connectivity index (χ2n) is 7.37. The largest absolute Gasteiger partial charge is 0.497 e. The highest BCUT2D eigenvalue weighted by atomic mass is 127. The quantitative estimate of drug-likeness (QED) is 0.250. The van der Waals surface area contributed by atoms with E-state index >= 15 is 0 Å². The Hall–Kier alpha value is -2.33. The van der Waals surface area contributed by atoms with E-state index < -0.39 is 0 Å². The van der Waals surface area contributed by atoms with Gasteiger partial charge < -0.3 is 19.5 Å². The molecule has 172 valence electrons. The number of ether oxygens (including phenoxy) is 1. The number of methoxy groups -OCH3 is 1. The zero-order chi connectivity index (χ0) is 22.2. The molecular weight excluding hydrogens is 539 g/mol. The fraction of sp³-hybridized carbons (Fsp3) is 0.348. The van der Waals surface area contributed by atoms with E-state index in [0.717, 1.165) is 46.9 Å². The molecule has 0 bridgehead atoms. The van der Waals surface area contributed by atoms with E-state index in [4.69, 9.17) is 21.3 Å². The average Bonchev–Trinajstić information content (AvgIpc) is 3.10. The maximum absolute atomic E-state index is 6.02. The molecule has 0 fully saturated rings. The minimum absolute atomic E-state index is 0. The van der Waals surface area contributed by atoms with Gasteiger partial charge in [0.2, 0.25) is 0 Å². The summed E-state index contributed by atoms with van der Waals surface area (Å²) in [7, 11) is 5.65. The van der Waals surface area contributed by atoms with Crippen molar-refractivity contribution in [3.63, 3.8) is 0 Å². The predicted molar refractivity (Wildman–Crippen MR) is 140 cm³/mol. The Morgan fingerprint density at radius 2 is 1.75 bits per heavy atom. The van der Waals surface area contributed by atoms with Crippen molar-refractivity contribution in [2.45, 2.75) is 26.4 Å². The van der Waals surface area contributed by atoms with Gasteiger partial charge in [-0.2, -0.15) is 0 Å². The molecule has 0 saturated carbocycles. The van der Waals surface area contributed by atoms with Gasteiger partial charge in [-0.15, -0.1) is 34.2 Å². The van der Waals surface area contributed by atoms with Crippen LogP contribution in [0.1, 0.15) is 22.8 Å². The van der Waals surface area contributed by atoms with Crippen LogP contribution in [0.3, 0.4) is 0 Å². The van der Waals surface area contributed by atoms with Crippen LogP contribution >= 0.6 is 35.6 Å². The highest BCUT2D eigenvalue weighted by Crippen LogP contribution is 2.13. The van der Waals surface area contributed by atoms with Gasteiger partial charge in [0.15, 0.2) is 11.8 Å². The van der Waals surface area contributed by atoms with Gasteiger partial charge >= 0.3 is 0 Å². The maximum Gasteiger partial charge on any atom is 0.194 e. The first-order valence-electron chi connectivity index (χ1n) is 10.2. The fourth-order valence-electron chi connectivity index (χ4n) is 3.10. The molecule has 0 amide bonds. The number of halogens is 2. The van der Waals surface area contributed by atoms with Crippen molar-refractivity contribution >= 4 is 41.5 Å². The number of nitrogens with one attached hydrogen (secondary N) is 1. The highest BCUT2D eigenvalue weighted by Gasteiger charge is 2.10. The Labute approximate surface area is 211 Å². The number of rotatable bonds is 8. The Morgan fingerprint density at radius 3 is 2.34 bits per heavy atom. The lowest BCUT2D eigenvalue weighted by Gasteiger charge is -2.23. The zero-order valence-corrected chi connectivity index (χ0v) is 22.0. The van der Waals surface area contributed by atoms with Gasteiger partial charge in [-0.1, -0.05) is 35.9 Å². The van der Waals surface area contributed by atoms with E-state index in [-0.39, 0.29) is 24.0 Å². The maximum atomic E-state index is 6.02. The molecule has 32 heavy (non-hydrogen) atoms. The first-order valence-corrected chi connectivity index (χ1v) is 10.6. The number of guanidine groups is 1. The first-order chi connectivity index (χ1) is 15.0. The van der Waals surface area contributed by atoms with Gasteiger partial charge in [0.25, 0.3) is 0 Å². The van der Waals surface area contributed by atoms with Gasteiger partial charge in [0.1, 0.15) is 18.1 Å². The molecule has 9 heteroatoms. The van der Waals surface area contributed by atoms with Crippen LogP contribution in [0, 0.1) is 6.92 Å². The molecule has 0 unspecified atom stereocenters. The van der Waals surface area contributed by atoms with Crippen molar-refractivity contribution in [3.05, 3.63) is 76.3 Å². The minimum Gasteiger partial charge on any atom is -0.497 e. The normalized spacial score (nSPS) is 11.1. The number of aliphatic imine (C=N–C) groups is 1. The third-order valence-corrected chi connectivity index (χ3v) is 5.36. The second-order valence-corrected chi connectivity index (χ2v) is 7.81. The van der Waals surface area contributed by atoms with Crippen LogP contribution in [0.2, 0.25) is 5.02 Å². The molecule has 0 aliphatic heterocycles. The van der Waals surface area contributed by atoms with E-state index in [1.165, 1.54) is 5.56 Å². The summed E-state index contributed by atoms with van der Waals surface area (Å²) in [6.45, 7) is 3.85. The van der Waals surface area contributed by atoms with Crippen molar-refractivity contribution in [3.8, 4) is 5.75 Å². The Kier molecular flexibility index (Phi) is 10.2. The molecule has 7 nitrogen and oxygen atoms in total. The third-order valence-electron chi connectivity index (χ3n) is 5.10. The summed E-state index contributed by atoms with van der Waals surface area (Å²) in [6.07, 6.45) is 0.876. The van der Waals surface area contributed by atoms with E-state index in [1.54, 1.807) is 7.11 Å². The Morgan fingerprint density at radius 1 is 1.09 bits per heavy atom. The lowest BCUT2D eigenvalue weighted by molar-refractivity contribution is 0.414. The Balaban J connectivity index is 0.00000363. The number of aromatic nitrogens is 3. The molecule has 0 saturated heterocycles. The monoisotopic (exact) mass is 568 g/mol. The SMILES string of the molecule is COc1ccc(CCNC(=NCc2nnc(C)n2C)N(C)Cc2ccc(Cl)cc2)cc1.I. The van der Waals surface area contributed by atoms with Gasteiger partial charge in [-0.3, -0.25) is 0 Å². The van der Waals surface area contributed by atoms with Crippen LogP contribution in [0.4, 0.5) is 0 Å². The zero-order valence-electron chi connectivity index (χ0n) is 18.9. The molecule has 1 N–H and O–H groups in total. The molecule has 2 aromatic carbocycles. The van der Waals surface area contributed by atoms with Gasteiger partial charge in [0, 0.05) is 32.2 Å². The van der Waals surface area contributed by atoms with Crippen molar-refractivity contribution in [1.29, 1.82) is 0 Å². The van der Waals surface area contributed by atoms with E-state index in [9.17, 15) is 0 Å². The summed E-state index contributed by atoms with van der Waals surface area (Å²) in [6, 6.07) is 16.0. The number of hydrogen-bond acceptors (Lipinski definition) is 4. The lowest BCUT2D eigenvalue weighted by atomic mass is 10.1. The average molecular weight is 569 g/mol. The number of benzene rings is 2. The summed E-state index contributed by atoms with van der Waals surface area (Å²) < 4.78 is 7.19. The number of hydrogen-bond donors (Lipinski definition) is 1. The summed E-state index contributed by atoms with van der Waals surface area (Å²) in [5.74, 6) is 3.37. The molecular formula is C23H30ClIN6O. The van der Waals surface area contributed by atoms with Crippen molar-refractivity contribution < 1.29 is 4.74 Å². The molecule has 1 heterocycles. The van der Waals surface area contributed by atoms with Crippen LogP contribution in [-0.4, -0.2) is 46.3 Å². The van der Waals surface area contributed by atoms with E-state index in [1.807, 2.05) is 62.0 Å². The van der Waals surface area contributed by atoms with Gasteiger partial charge in [-0.25, -0.2) is 4.99 Å². The van der Waals surface area contributed by atoms with Crippen LogP contribution in [0.25, 0.3) is 0 Å². The summed E-state index contributed by atoms with van der Waals surface area (Å²) in [5, 5.41) is 12.6. The van der Waals surface area contributed by atoms with Crippen LogP contribution in [-0.2, 0) is 26.6 Å². The molecule has 0 atom stereocenters. The van der Waals surface area contributed by atoms with Crippen LogP contribution in [0.15, 0.2) is 53.5 Å². The van der Waals surface area contributed by atoms with Crippen molar-refractivity contribution in [2.24, 2.45) is 12.0 Å². The van der Waals surface area contributed by atoms with Crippen molar-refractivity contribution in [1.82, 2.24) is 25.0 Å². The molecule has 0 spiro atoms. The highest BCUT2D eigenvalue weighted by molar-refractivity contribution is 14.0. The summed E-state index contributed by atoms with van der Waals surface area (Å²) in [4.78, 5) is 6.90. The van der Waals surface area contributed by atoms with Crippen LogP contribution < -0.4 is 10.1 Å². The molecule has 3 rings (SSSR count). The summed E-state index contributed by atoms with van der Waals surface area (Å²) >= 11 is 6.02. The van der Waals surface area contributed by atoms with Gasteiger partial charge in [0.05, 0.1) is 7.11 Å². The lowest BCUT2D eigenvalue weighted by Crippen LogP contribution is -2.39. The molecule has 0 radical (unpaired) electrons. The molecule has 1 aromatic heterocycles. The Bertz CT molecular complexity index is 1000. The number of aryl methyl sites for hydroxylation is 1. The predicted octanol–water partition coefficient (Wildman–Crippen LogP) is 4.22. The van der Waals surface area contributed by atoms with E-state index in [2.05, 4.69) is 32.5 Å². The summed E-state index contributed by atoms with van der Waals surface area (Å²) in [5.41, 5.74) is 2.39.